The van der Waals surface area contributed by atoms with Crippen LogP contribution in [-0.2, 0) is 4.84 Å². The molecule has 0 bridgehead atoms. The molecule has 1 N–H and O–H groups in total. The van der Waals surface area contributed by atoms with Crippen LogP contribution in [0.1, 0.15) is 0 Å². The quantitative estimate of drug-likeness (QED) is 0.444. The van der Waals surface area contributed by atoms with Gasteiger partial charge in [0.2, 0.25) is 4.92 Å². The summed E-state index contributed by atoms with van der Waals surface area (Å²) in [6.45, 7) is -0.0706. The molecule has 5 heteroatoms. The Bertz CT molecular complexity index is 106. The van der Waals surface area contributed by atoms with E-state index in [0.29, 0.717) is 0 Å². The molecule has 1 fully saturated rings. The molecular formula is C2H3N2O3+. The Morgan fingerprint density at radius 3 is 2.71 bits per heavy atom. The van der Waals surface area contributed by atoms with Crippen LogP contribution < -0.4 is 5.32 Å². The molecule has 1 aliphatic heterocycles. The minimum atomic E-state index is -0.685. The monoisotopic (exact) mass is 103 g/mol. The van der Waals surface area contributed by atoms with Gasteiger partial charge in [0.15, 0.2) is 0 Å². The lowest BCUT2D eigenvalue weighted by molar-refractivity contribution is -0.760. The van der Waals surface area contributed by atoms with Crippen molar-refractivity contribution in [3.8, 4) is 0 Å². The van der Waals surface area contributed by atoms with E-state index in [1.165, 1.54) is 0 Å². The third-order valence-corrected chi connectivity index (χ3v) is 0.537. The Labute approximate surface area is 38.8 Å². The lowest BCUT2D eigenvalue weighted by Gasteiger charge is -1.66. The maximum absolute atomic E-state index is 9.88. The summed E-state index contributed by atoms with van der Waals surface area (Å²) >= 11 is 0. The molecule has 0 saturated carbocycles. The van der Waals surface area contributed by atoms with Crippen LogP contribution in [0, 0.1) is 4.91 Å². The van der Waals surface area contributed by atoms with Crippen LogP contribution in [-0.4, -0.2) is 17.7 Å². The van der Waals surface area contributed by atoms with E-state index in [4.69, 9.17) is 0 Å². The van der Waals surface area contributed by atoms with Gasteiger partial charge in [0.25, 0.3) is 0 Å². The molecule has 0 aromatic heterocycles. The summed E-state index contributed by atoms with van der Waals surface area (Å²) in [5.74, 6) is 0. The Morgan fingerprint density at radius 1 is 1.86 bits per heavy atom. The minimum Gasteiger partial charge on any atom is -0.252 e. The van der Waals surface area contributed by atoms with Crippen LogP contribution in [0.3, 0.4) is 0 Å². The highest BCUT2D eigenvalue weighted by molar-refractivity contribution is 5.66. The summed E-state index contributed by atoms with van der Waals surface area (Å²) in [4.78, 5) is 23.8. The molecule has 1 aliphatic rings. The predicted molar refractivity (Wildman–Crippen MR) is 18.1 cm³/mol. The maximum Gasteiger partial charge on any atom is 0.485 e. The highest BCUT2D eigenvalue weighted by Gasteiger charge is 2.26. The fourth-order valence-corrected chi connectivity index (χ4v) is 0.286. The number of nitrogens with one attached hydrogen (secondary N) is 1. The largest absolute Gasteiger partial charge is 0.485 e. The SMILES string of the molecule is O=C1NC[N+](=O)O1. The van der Waals surface area contributed by atoms with E-state index in [-0.39, 0.29) is 11.6 Å². The molecule has 0 unspecified atom stereocenters. The summed E-state index contributed by atoms with van der Waals surface area (Å²) in [6, 6.07) is 0. The van der Waals surface area contributed by atoms with Crippen LogP contribution in [0.2, 0.25) is 0 Å². The third kappa shape index (κ3) is 0.648. The van der Waals surface area contributed by atoms with Gasteiger partial charge in [-0.2, -0.15) is 0 Å². The Kier molecular flexibility index (Phi) is 0.680. The Morgan fingerprint density at radius 2 is 2.57 bits per heavy atom. The first-order valence-corrected chi connectivity index (χ1v) is 1.69. The van der Waals surface area contributed by atoms with Crippen LogP contribution in [0.4, 0.5) is 4.79 Å². The molecule has 7 heavy (non-hydrogen) atoms. The van der Waals surface area contributed by atoms with Gasteiger partial charge in [0.05, 0.1) is 4.91 Å². The first-order valence-electron chi connectivity index (χ1n) is 1.69. The molecule has 1 saturated heterocycles. The van der Waals surface area contributed by atoms with Crippen molar-refractivity contribution in [2.24, 2.45) is 0 Å². The van der Waals surface area contributed by atoms with Crippen LogP contribution in [0.25, 0.3) is 0 Å². The first-order chi connectivity index (χ1) is 3.29. The molecule has 0 aliphatic carbocycles. The molecule has 1 amide bonds. The van der Waals surface area contributed by atoms with Gasteiger partial charge in [-0.25, -0.2) is 4.79 Å². The van der Waals surface area contributed by atoms with E-state index in [1.807, 2.05) is 0 Å². The zero-order chi connectivity index (χ0) is 5.28. The van der Waals surface area contributed by atoms with Gasteiger partial charge in [0.1, 0.15) is 0 Å². The highest BCUT2D eigenvalue weighted by atomic mass is 16.8. The molecule has 0 aromatic carbocycles. The standard InChI is InChI=1S/C2H2N2O3/c5-2-3-1-4(6)7-2/h1H2/p+1. The molecule has 5 nitrogen and oxygen atoms in total. The van der Waals surface area contributed by atoms with Crippen molar-refractivity contribution in [1.82, 2.24) is 5.32 Å². The van der Waals surface area contributed by atoms with Gasteiger partial charge in [-0.05, 0) is 0 Å². The van der Waals surface area contributed by atoms with Crippen molar-refractivity contribution in [2.75, 3.05) is 6.67 Å². The number of rotatable bonds is 0. The van der Waals surface area contributed by atoms with Crippen molar-refractivity contribution in [3.63, 3.8) is 0 Å². The number of hydrogen-bond donors (Lipinski definition) is 1. The third-order valence-electron chi connectivity index (χ3n) is 0.537. The van der Waals surface area contributed by atoms with Gasteiger partial charge >= 0.3 is 12.8 Å². The molecule has 0 spiro atoms. The van der Waals surface area contributed by atoms with Gasteiger partial charge in [-0.3, -0.25) is 5.32 Å². The molecule has 0 radical (unpaired) electrons. The second-order valence-corrected chi connectivity index (χ2v) is 1.05. The van der Waals surface area contributed by atoms with Gasteiger partial charge in [-0.15, -0.1) is 4.84 Å². The lowest BCUT2D eigenvalue weighted by atomic mass is 11.1. The van der Waals surface area contributed by atoms with Gasteiger partial charge in [-0.1, -0.05) is 0 Å². The van der Waals surface area contributed by atoms with Crippen molar-refractivity contribution >= 4 is 6.09 Å². The van der Waals surface area contributed by atoms with Crippen LogP contribution >= 0.6 is 0 Å². The smallest absolute Gasteiger partial charge is 0.252 e. The van der Waals surface area contributed by atoms with Crippen molar-refractivity contribution in [1.29, 1.82) is 0 Å². The minimum absolute atomic E-state index is 0.0706. The molecular weight excluding hydrogens is 100 g/mol. The van der Waals surface area contributed by atoms with Gasteiger partial charge < -0.3 is 0 Å². The van der Waals surface area contributed by atoms with Crippen molar-refractivity contribution in [2.45, 2.75) is 0 Å². The number of carbonyl (C=O) groups excluding carboxylic acids is 1. The van der Waals surface area contributed by atoms with Crippen molar-refractivity contribution in [3.05, 3.63) is 4.91 Å². The fraction of sp³-hybridized carbons (Fsp3) is 0.500. The average molecular weight is 103 g/mol. The number of amides is 1. The molecule has 0 atom stereocenters. The van der Waals surface area contributed by atoms with Crippen molar-refractivity contribution < 1.29 is 14.6 Å². The molecule has 1 rings (SSSR count). The van der Waals surface area contributed by atoms with E-state index < -0.39 is 6.09 Å². The maximum atomic E-state index is 9.88. The van der Waals surface area contributed by atoms with E-state index >= 15 is 0 Å². The zero-order valence-electron chi connectivity index (χ0n) is 3.38. The highest BCUT2D eigenvalue weighted by Crippen LogP contribution is 1.85. The van der Waals surface area contributed by atoms with Gasteiger partial charge in [0, 0.05) is 0 Å². The Hall–Kier alpha value is -1.13. The summed E-state index contributed by atoms with van der Waals surface area (Å²) in [6.07, 6.45) is -0.685. The second kappa shape index (κ2) is 1.18. The molecule has 0 aromatic rings. The van der Waals surface area contributed by atoms with E-state index in [0.717, 1.165) is 0 Å². The zero-order valence-corrected chi connectivity index (χ0v) is 3.38. The summed E-state index contributed by atoms with van der Waals surface area (Å²) in [7, 11) is 0. The lowest BCUT2D eigenvalue weighted by Crippen LogP contribution is -2.12. The van der Waals surface area contributed by atoms with Crippen LogP contribution in [0.15, 0.2) is 0 Å². The number of carbonyl (C=O) groups is 1. The number of nitrogens with zero attached hydrogens (tertiary/aromatic N) is 1. The van der Waals surface area contributed by atoms with E-state index in [1.54, 1.807) is 0 Å². The first kappa shape index (κ1) is 4.04. The molecule has 38 valence electrons. The topological polar surface area (TPSA) is 58.4 Å². The average Bonchev–Trinajstić information content (AvgIpc) is 1.87. The van der Waals surface area contributed by atoms with Crippen LogP contribution in [0.5, 0.6) is 0 Å². The molecule has 1 heterocycles. The van der Waals surface area contributed by atoms with E-state index in [2.05, 4.69) is 10.2 Å². The second-order valence-electron chi connectivity index (χ2n) is 1.05. The fourth-order valence-electron chi connectivity index (χ4n) is 0.286. The predicted octanol–water partition coefficient (Wildman–Crippen LogP) is -0.622. The normalized spacial score (nSPS) is 18.9. The number of hydrogen-bond acceptors (Lipinski definition) is 3. The summed E-state index contributed by atoms with van der Waals surface area (Å²) in [5.41, 5.74) is 0. The summed E-state index contributed by atoms with van der Waals surface area (Å²) < 4.78 is 0. The Balaban J connectivity index is 2.55. The summed E-state index contributed by atoms with van der Waals surface area (Å²) in [5, 5.41) is 2.12. The van der Waals surface area contributed by atoms with E-state index in [9.17, 15) is 9.70 Å².